The predicted molar refractivity (Wildman–Crippen MR) is 83.0 cm³/mol. The summed E-state index contributed by atoms with van der Waals surface area (Å²) in [5.41, 5.74) is 5.89. The molecule has 0 aliphatic carbocycles. The number of methoxy groups -OCH3 is 3. The molecule has 22 heavy (non-hydrogen) atoms. The average molecular weight is 308 g/mol. The Labute approximate surface area is 131 Å². The molecule has 0 radical (unpaired) electrons. The minimum absolute atomic E-state index is 0.300. The Morgan fingerprint density at radius 3 is 2.68 bits per heavy atom. The van der Waals surface area contributed by atoms with Crippen molar-refractivity contribution in [2.75, 3.05) is 34.5 Å². The first-order chi connectivity index (χ1) is 10.6. The number of likely N-dealkylation sites (tertiary alicyclic amines) is 1. The summed E-state index contributed by atoms with van der Waals surface area (Å²) >= 11 is 0. The number of benzene rings is 1. The van der Waals surface area contributed by atoms with Crippen LogP contribution in [0.25, 0.3) is 0 Å². The number of rotatable bonds is 7. The van der Waals surface area contributed by atoms with Gasteiger partial charge in [-0.05, 0) is 25.5 Å². The van der Waals surface area contributed by atoms with E-state index in [9.17, 15) is 4.79 Å². The second-order valence-corrected chi connectivity index (χ2v) is 5.51. The number of carbonyl (C=O) groups excluding carboxylic acids is 1. The highest BCUT2D eigenvalue weighted by atomic mass is 16.5. The Morgan fingerprint density at radius 1 is 1.32 bits per heavy atom. The number of amides is 1. The third-order valence-corrected chi connectivity index (χ3v) is 4.31. The third-order valence-electron chi connectivity index (χ3n) is 4.31. The Hall–Kier alpha value is -1.79. The Kier molecular flexibility index (Phi) is 5.26. The lowest BCUT2D eigenvalue weighted by molar-refractivity contribution is -0.132. The normalized spacial score (nSPS) is 21.8. The van der Waals surface area contributed by atoms with Crippen molar-refractivity contribution in [3.8, 4) is 11.5 Å². The van der Waals surface area contributed by atoms with Crippen LogP contribution in [0.3, 0.4) is 0 Å². The quantitative estimate of drug-likeness (QED) is 0.818. The zero-order valence-electron chi connectivity index (χ0n) is 13.4. The number of primary amides is 1. The van der Waals surface area contributed by atoms with Gasteiger partial charge in [-0.3, -0.25) is 9.69 Å². The van der Waals surface area contributed by atoms with Gasteiger partial charge >= 0.3 is 0 Å². The van der Waals surface area contributed by atoms with Crippen LogP contribution < -0.4 is 15.2 Å². The molecular weight excluding hydrogens is 284 g/mol. The van der Waals surface area contributed by atoms with Crippen molar-refractivity contribution in [1.29, 1.82) is 0 Å². The molecule has 0 bridgehead atoms. The molecule has 2 N–H and O–H groups in total. The lowest BCUT2D eigenvalue weighted by Crippen LogP contribution is -2.56. The molecular formula is C16H24N2O4. The van der Waals surface area contributed by atoms with E-state index in [2.05, 4.69) is 4.90 Å². The van der Waals surface area contributed by atoms with Gasteiger partial charge in [0, 0.05) is 19.2 Å². The smallest absolute Gasteiger partial charge is 0.240 e. The molecule has 1 saturated heterocycles. The fraction of sp³-hybridized carbons (Fsp3) is 0.562. The summed E-state index contributed by atoms with van der Waals surface area (Å²) in [5, 5.41) is 0. The summed E-state index contributed by atoms with van der Waals surface area (Å²) in [6, 6.07) is 5.73. The van der Waals surface area contributed by atoms with E-state index in [0.717, 1.165) is 18.5 Å². The van der Waals surface area contributed by atoms with E-state index in [-0.39, 0.29) is 5.91 Å². The molecule has 6 heteroatoms. The first-order valence-corrected chi connectivity index (χ1v) is 7.33. The SMILES string of the molecule is COCC1(C(N)=O)CCCN1Cc1cccc(OC)c1OC. The number of para-hydroxylation sites is 1. The summed E-state index contributed by atoms with van der Waals surface area (Å²) in [6.45, 7) is 1.66. The molecule has 1 aromatic rings. The molecule has 1 unspecified atom stereocenters. The van der Waals surface area contributed by atoms with E-state index in [1.54, 1.807) is 21.3 Å². The van der Waals surface area contributed by atoms with Crippen molar-refractivity contribution >= 4 is 5.91 Å². The van der Waals surface area contributed by atoms with E-state index in [4.69, 9.17) is 19.9 Å². The third kappa shape index (κ3) is 2.89. The van der Waals surface area contributed by atoms with Crippen LogP contribution in [0.2, 0.25) is 0 Å². The number of carbonyl (C=O) groups is 1. The standard InChI is InChI=1S/C16H24N2O4/c1-20-11-16(15(17)19)8-5-9-18(16)10-12-6-4-7-13(21-2)14(12)22-3/h4,6-7H,5,8-11H2,1-3H3,(H2,17,19). The summed E-state index contributed by atoms with van der Waals surface area (Å²) in [4.78, 5) is 14.1. The molecule has 1 aliphatic heterocycles. The van der Waals surface area contributed by atoms with Gasteiger partial charge in [0.25, 0.3) is 0 Å². The molecule has 6 nitrogen and oxygen atoms in total. The molecule has 1 fully saturated rings. The van der Waals surface area contributed by atoms with Crippen LogP contribution in [0.5, 0.6) is 11.5 Å². The van der Waals surface area contributed by atoms with E-state index in [0.29, 0.717) is 31.1 Å². The van der Waals surface area contributed by atoms with Crippen LogP contribution in [-0.2, 0) is 16.1 Å². The second-order valence-electron chi connectivity index (χ2n) is 5.51. The van der Waals surface area contributed by atoms with Crippen molar-refractivity contribution in [2.45, 2.75) is 24.9 Å². The lowest BCUT2D eigenvalue weighted by Gasteiger charge is -2.35. The number of hydrogen-bond donors (Lipinski definition) is 1. The van der Waals surface area contributed by atoms with Crippen molar-refractivity contribution < 1.29 is 19.0 Å². The Morgan fingerprint density at radius 2 is 2.09 bits per heavy atom. The summed E-state index contributed by atoms with van der Waals surface area (Å²) < 4.78 is 16.1. The first kappa shape index (κ1) is 16.6. The molecule has 1 atom stereocenters. The van der Waals surface area contributed by atoms with Crippen LogP contribution in [0.1, 0.15) is 18.4 Å². The molecule has 1 heterocycles. The molecule has 0 spiro atoms. The first-order valence-electron chi connectivity index (χ1n) is 7.33. The Balaban J connectivity index is 2.31. The fourth-order valence-corrected chi connectivity index (χ4v) is 3.20. The molecule has 122 valence electrons. The van der Waals surface area contributed by atoms with E-state index in [1.807, 2.05) is 18.2 Å². The molecule has 0 aromatic heterocycles. The molecule has 0 saturated carbocycles. The van der Waals surface area contributed by atoms with Gasteiger partial charge in [-0.15, -0.1) is 0 Å². The van der Waals surface area contributed by atoms with Gasteiger partial charge in [-0.1, -0.05) is 12.1 Å². The number of hydrogen-bond acceptors (Lipinski definition) is 5. The summed E-state index contributed by atoms with van der Waals surface area (Å²) in [7, 11) is 4.81. The second kappa shape index (κ2) is 6.98. The van der Waals surface area contributed by atoms with Crippen molar-refractivity contribution in [2.24, 2.45) is 5.73 Å². The number of ether oxygens (including phenoxy) is 3. The zero-order chi connectivity index (χ0) is 16.2. The van der Waals surface area contributed by atoms with Crippen LogP contribution in [-0.4, -0.2) is 50.8 Å². The average Bonchev–Trinajstić information content (AvgIpc) is 2.91. The molecule has 2 rings (SSSR count). The zero-order valence-corrected chi connectivity index (χ0v) is 13.4. The van der Waals surface area contributed by atoms with E-state index in [1.165, 1.54) is 0 Å². The highest BCUT2D eigenvalue weighted by Crippen LogP contribution is 2.36. The number of nitrogens with two attached hydrogens (primary N) is 1. The lowest BCUT2D eigenvalue weighted by atomic mass is 9.95. The van der Waals surface area contributed by atoms with Gasteiger partial charge in [0.05, 0.1) is 20.8 Å². The van der Waals surface area contributed by atoms with Gasteiger partial charge in [0.15, 0.2) is 11.5 Å². The summed E-state index contributed by atoms with van der Waals surface area (Å²) in [5.74, 6) is 1.03. The van der Waals surface area contributed by atoms with Crippen molar-refractivity contribution in [3.63, 3.8) is 0 Å². The van der Waals surface area contributed by atoms with Crippen LogP contribution >= 0.6 is 0 Å². The Bertz CT molecular complexity index is 535. The topological polar surface area (TPSA) is 74.0 Å². The fourth-order valence-electron chi connectivity index (χ4n) is 3.20. The largest absolute Gasteiger partial charge is 0.493 e. The molecule has 1 amide bonds. The molecule has 1 aliphatic rings. The maximum atomic E-state index is 12.0. The maximum absolute atomic E-state index is 12.0. The van der Waals surface area contributed by atoms with Crippen LogP contribution in [0, 0.1) is 0 Å². The highest BCUT2D eigenvalue weighted by molar-refractivity contribution is 5.85. The number of nitrogens with zero attached hydrogens (tertiary/aromatic N) is 1. The van der Waals surface area contributed by atoms with E-state index < -0.39 is 5.54 Å². The van der Waals surface area contributed by atoms with Gasteiger partial charge in [-0.25, -0.2) is 0 Å². The summed E-state index contributed by atoms with van der Waals surface area (Å²) in [6.07, 6.45) is 1.63. The van der Waals surface area contributed by atoms with Crippen LogP contribution in [0.4, 0.5) is 0 Å². The van der Waals surface area contributed by atoms with Gasteiger partial charge < -0.3 is 19.9 Å². The predicted octanol–water partition coefficient (Wildman–Crippen LogP) is 1.17. The maximum Gasteiger partial charge on any atom is 0.240 e. The highest BCUT2D eigenvalue weighted by Gasteiger charge is 2.46. The minimum Gasteiger partial charge on any atom is -0.493 e. The molecule has 1 aromatic carbocycles. The monoisotopic (exact) mass is 308 g/mol. The van der Waals surface area contributed by atoms with Crippen LogP contribution in [0.15, 0.2) is 18.2 Å². The van der Waals surface area contributed by atoms with Gasteiger partial charge in [-0.2, -0.15) is 0 Å². The van der Waals surface area contributed by atoms with Crippen molar-refractivity contribution in [3.05, 3.63) is 23.8 Å². The van der Waals surface area contributed by atoms with Gasteiger partial charge in [0.1, 0.15) is 5.54 Å². The minimum atomic E-state index is -0.747. The van der Waals surface area contributed by atoms with E-state index >= 15 is 0 Å². The van der Waals surface area contributed by atoms with Crippen molar-refractivity contribution in [1.82, 2.24) is 4.90 Å². The van der Waals surface area contributed by atoms with Gasteiger partial charge in [0.2, 0.25) is 5.91 Å².